The third-order valence-electron chi connectivity index (χ3n) is 10.0. The molecule has 1 N–H and O–H groups in total. The molecule has 0 unspecified atom stereocenters. The van der Waals surface area contributed by atoms with Gasteiger partial charge in [0, 0.05) is 65.9 Å². The first-order valence-corrected chi connectivity index (χ1v) is 17.8. The van der Waals surface area contributed by atoms with Crippen LogP contribution in [0, 0.1) is 38.2 Å². The van der Waals surface area contributed by atoms with Crippen molar-refractivity contribution in [2.24, 2.45) is 11.3 Å². The molecule has 0 aliphatic carbocycles. The number of carbonyl (C=O) groups is 1. The topological polar surface area (TPSA) is 63.3 Å². The number of aliphatic hydroxyl groups excluding tert-OH is 1. The summed E-state index contributed by atoms with van der Waals surface area (Å²) in [6.07, 6.45) is 6.71. The van der Waals surface area contributed by atoms with E-state index in [4.69, 9.17) is 9.40 Å². The second kappa shape index (κ2) is 16.8. The van der Waals surface area contributed by atoms with Crippen molar-refractivity contribution >= 4 is 16.8 Å². The van der Waals surface area contributed by atoms with E-state index < -0.39 is 0 Å². The van der Waals surface area contributed by atoms with Gasteiger partial charge in [-0.05, 0) is 60.6 Å². The average Bonchev–Trinajstić information content (AvgIpc) is 3.36. The van der Waals surface area contributed by atoms with E-state index in [1.54, 1.807) is 0 Å². The Balaban J connectivity index is 0.000000419. The third-order valence-corrected chi connectivity index (χ3v) is 10.0. The maximum Gasteiger partial charge on any atom is 0.162 e. The Kier molecular flexibility index (Phi) is 14.5. The van der Waals surface area contributed by atoms with Crippen LogP contribution >= 0.6 is 0 Å². The quantitative estimate of drug-likeness (QED) is 0.104. The van der Waals surface area contributed by atoms with Gasteiger partial charge in [-0.1, -0.05) is 108 Å². The van der Waals surface area contributed by atoms with Crippen molar-refractivity contribution in [1.82, 2.24) is 4.98 Å². The molecule has 5 heteroatoms. The Morgan fingerprint density at radius 3 is 2.02 bits per heavy atom. The van der Waals surface area contributed by atoms with E-state index in [1.165, 1.54) is 22.8 Å². The summed E-state index contributed by atoms with van der Waals surface area (Å²) in [6, 6.07) is 16.6. The molecule has 0 spiro atoms. The Labute approximate surface area is 310 Å². The number of hydrogen-bond donors (Lipinski definition) is 1. The van der Waals surface area contributed by atoms with E-state index in [1.807, 2.05) is 40.8 Å². The van der Waals surface area contributed by atoms with E-state index in [0.29, 0.717) is 0 Å². The fraction of sp³-hybridized carbons (Fsp3) is 0.500. The summed E-state index contributed by atoms with van der Waals surface area (Å²) in [7, 11) is 0. The SMILES string of the molecule is CCC(CC)C(=O)/C=C(\O)C(C)(CC)CC.Cc1[c-]c(-c2nccc3c(C)c(-c4ccc(C(C)(C)C)cc4C(C)(C)C)oc23)cc(C)c1.[Ir]. The fourth-order valence-electron chi connectivity index (χ4n) is 6.18. The van der Waals surface area contributed by atoms with Gasteiger partial charge in [-0.3, -0.25) is 4.79 Å². The summed E-state index contributed by atoms with van der Waals surface area (Å²) in [5.74, 6) is 1.30. The van der Waals surface area contributed by atoms with Crippen LogP contribution in [0.1, 0.15) is 130 Å². The summed E-state index contributed by atoms with van der Waals surface area (Å²) in [5.41, 5.74) is 9.77. The summed E-state index contributed by atoms with van der Waals surface area (Å²) in [4.78, 5) is 16.6. The molecule has 2 heterocycles. The molecular formula is C44H60IrNO3-. The predicted molar refractivity (Wildman–Crippen MR) is 204 cm³/mol. The van der Waals surface area contributed by atoms with Gasteiger partial charge in [0.25, 0.3) is 0 Å². The molecule has 269 valence electrons. The summed E-state index contributed by atoms with van der Waals surface area (Å²) in [6.45, 7) is 30.0. The Morgan fingerprint density at radius 1 is 0.898 bits per heavy atom. The molecule has 0 saturated carbocycles. The van der Waals surface area contributed by atoms with Gasteiger partial charge in [0.2, 0.25) is 0 Å². The normalized spacial score (nSPS) is 12.5. The van der Waals surface area contributed by atoms with E-state index in [9.17, 15) is 9.90 Å². The molecular weight excluding hydrogens is 783 g/mol. The van der Waals surface area contributed by atoms with Crippen LogP contribution in [0.5, 0.6) is 0 Å². The van der Waals surface area contributed by atoms with E-state index in [2.05, 4.69) is 105 Å². The number of benzene rings is 2. The monoisotopic (exact) mass is 843 g/mol. The van der Waals surface area contributed by atoms with Crippen molar-refractivity contribution in [3.63, 3.8) is 0 Å². The number of hydrogen-bond acceptors (Lipinski definition) is 4. The number of ketones is 1. The van der Waals surface area contributed by atoms with Gasteiger partial charge in [-0.25, -0.2) is 0 Å². The van der Waals surface area contributed by atoms with Crippen molar-refractivity contribution < 1.29 is 34.4 Å². The average molecular weight is 843 g/mol. The standard InChI is InChI=1S/C30H34NO.C14H26O2.Ir/c1-18-14-19(2)16-21(15-18)26-28-23(12-13-31-26)20(3)27(32-28)24-11-10-22(29(4,5)6)17-25(24)30(7,8)9;1-6-11(7-2)12(15)10-13(16)14(5,8-3)9-4;/h10-15,17H,1-9H3;10-11,16H,6-9H2,1-5H3;/q-1;;/b;13-10-;. The minimum absolute atomic E-state index is 0. The molecule has 2 aromatic heterocycles. The second-order valence-corrected chi connectivity index (χ2v) is 15.8. The molecule has 0 saturated heterocycles. The van der Waals surface area contributed by atoms with Crippen LogP contribution in [0.4, 0.5) is 0 Å². The number of pyridine rings is 1. The number of fused-ring (bicyclic) bond motifs is 1. The van der Waals surface area contributed by atoms with Gasteiger partial charge in [-0.2, -0.15) is 0 Å². The molecule has 49 heavy (non-hydrogen) atoms. The summed E-state index contributed by atoms with van der Waals surface area (Å²) < 4.78 is 6.63. The molecule has 0 aliphatic rings. The van der Waals surface area contributed by atoms with Gasteiger partial charge in [0.15, 0.2) is 5.78 Å². The first-order valence-electron chi connectivity index (χ1n) is 17.8. The van der Waals surface area contributed by atoms with Gasteiger partial charge in [-0.15, -0.1) is 34.9 Å². The molecule has 4 nitrogen and oxygen atoms in total. The molecule has 0 amide bonds. The molecule has 0 atom stereocenters. The molecule has 0 bridgehead atoms. The first-order chi connectivity index (χ1) is 22.3. The number of aromatic nitrogens is 1. The van der Waals surface area contributed by atoms with Crippen LogP contribution in [0.2, 0.25) is 0 Å². The van der Waals surface area contributed by atoms with Crippen molar-refractivity contribution in [2.45, 2.75) is 133 Å². The molecule has 2 aromatic carbocycles. The van der Waals surface area contributed by atoms with Crippen molar-refractivity contribution in [3.8, 4) is 22.6 Å². The van der Waals surface area contributed by atoms with E-state index in [0.717, 1.165) is 70.4 Å². The molecule has 0 aliphatic heterocycles. The molecule has 4 rings (SSSR count). The number of aryl methyl sites for hydroxylation is 3. The van der Waals surface area contributed by atoms with Crippen molar-refractivity contribution in [2.75, 3.05) is 0 Å². The smallest absolute Gasteiger partial charge is 0.162 e. The van der Waals surface area contributed by atoms with E-state index >= 15 is 0 Å². The molecule has 1 radical (unpaired) electrons. The van der Waals surface area contributed by atoms with Crippen LogP contribution in [0.3, 0.4) is 0 Å². The summed E-state index contributed by atoms with van der Waals surface area (Å²) in [5, 5.41) is 11.1. The first kappa shape index (κ1) is 42.2. The van der Waals surface area contributed by atoms with Crippen LogP contribution in [0.25, 0.3) is 33.6 Å². The van der Waals surface area contributed by atoms with Crippen molar-refractivity contribution in [1.29, 1.82) is 0 Å². The largest absolute Gasteiger partial charge is 0.512 e. The number of carbonyl (C=O) groups excluding carboxylic acids is 1. The second-order valence-electron chi connectivity index (χ2n) is 15.8. The Morgan fingerprint density at radius 2 is 1.51 bits per heavy atom. The summed E-state index contributed by atoms with van der Waals surface area (Å²) >= 11 is 0. The van der Waals surface area contributed by atoms with Gasteiger partial charge in [0.05, 0.1) is 0 Å². The maximum atomic E-state index is 11.9. The number of allylic oxidation sites excluding steroid dienone is 2. The molecule has 0 fully saturated rings. The third kappa shape index (κ3) is 9.83. The number of rotatable bonds is 9. The minimum atomic E-state index is -0.248. The van der Waals surface area contributed by atoms with Crippen LogP contribution in [-0.4, -0.2) is 15.9 Å². The zero-order valence-corrected chi connectivity index (χ0v) is 35.0. The number of nitrogens with zero attached hydrogens (tertiary/aromatic N) is 1. The van der Waals surface area contributed by atoms with Gasteiger partial charge < -0.3 is 14.5 Å². The van der Waals surface area contributed by atoms with Crippen molar-refractivity contribution in [3.05, 3.63) is 88.3 Å². The Bertz CT molecular complexity index is 1740. The maximum absolute atomic E-state index is 11.9. The fourth-order valence-corrected chi connectivity index (χ4v) is 6.18. The number of furan rings is 1. The van der Waals surface area contributed by atoms with Gasteiger partial charge >= 0.3 is 0 Å². The Hall–Kier alpha value is -3.01. The predicted octanol–water partition coefficient (Wildman–Crippen LogP) is 12.7. The van der Waals surface area contributed by atoms with Gasteiger partial charge in [0.1, 0.15) is 17.1 Å². The zero-order chi connectivity index (χ0) is 36.2. The minimum Gasteiger partial charge on any atom is -0.512 e. The van der Waals surface area contributed by atoms with Crippen LogP contribution in [-0.2, 0) is 35.7 Å². The molecule has 4 aromatic rings. The van der Waals surface area contributed by atoms with Crippen LogP contribution < -0.4 is 0 Å². The van der Waals surface area contributed by atoms with E-state index in [-0.39, 0.29) is 53.8 Å². The zero-order valence-electron chi connectivity index (χ0n) is 32.6. The number of aliphatic hydroxyl groups is 1. The van der Waals surface area contributed by atoms with Crippen LogP contribution in [0.15, 0.2) is 58.8 Å².